The average Bonchev–Trinajstić information content (AvgIpc) is 2.89. The van der Waals surface area contributed by atoms with Crippen LogP contribution in [0.5, 0.6) is 0 Å². The summed E-state index contributed by atoms with van der Waals surface area (Å²) in [5, 5.41) is 8.27. The van der Waals surface area contributed by atoms with E-state index >= 15 is 0 Å². The highest BCUT2D eigenvalue weighted by atomic mass is 32.1. The summed E-state index contributed by atoms with van der Waals surface area (Å²) >= 11 is 1.77. The summed E-state index contributed by atoms with van der Waals surface area (Å²) in [5.41, 5.74) is -0.454. The minimum atomic E-state index is -0.454. The minimum absolute atomic E-state index is 0.384. The van der Waals surface area contributed by atoms with Gasteiger partial charge in [-0.05, 0) is 38.6 Å². The van der Waals surface area contributed by atoms with Gasteiger partial charge in [-0.1, -0.05) is 25.1 Å². The molecule has 1 unspecified atom stereocenters. The Morgan fingerprint density at radius 2 is 2.10 bits per heavy atom. The van der Waals surface area contributed by atoms with E-state index in [4.69, 9.17) is 4.74 Å². The Labute approximate surface area is 131 Å². The summed E-state index contributed by atoms with van der Waals surface area (Å²) in [6, 6.07) is 4.62. The van der Waals surface area contributed by atoms with Gasteiger partial charge in [0.2, 0.25) is 0 Å². The fourth-order valence-corrected chi connectivity index (χ4v) is 2.65. The van der Waals surface area contributed by atoms with Crippen LogP contribution in [0.2, 0.25) is 0 Å². The van der Waals surface area contributed by atoms with Crippen molar-refractivity contribution in [1.29, 1.82) is 0 Å². The highest BCUT2D eigenvalue weighted by molar-refractivity contribution is 7.10. The normalized spacial score (nSPS) is 13.3. The molecule has 21 heavy (non-hydrogen) atoms. The molecule has 1 aromatic heterocycles. The van der Waals surface area contributed by atoms with Crippen LogP contribution in [0, 0.1) is 0 Å². The number of carbonyl (C=O) groups excluding carboxylic acids is 1. The van der Waals surface area contributed by atoms with Crippen molar-refractivity contribution < 1.29 is 9.53 Å². The van der Waals surface area contributed by atoms with Crippen molar-refractivity contribution in [1.82, 2.24) is 10.6 Å². The zero-order valence-electron chi connectivity index (χ0n) is 13.3. The third-order valence-electron chi connectivity index (χ3n) is 2.71. The Hall–Kier alpha value is -1.33. The standard InChI is InChI=1S/C16H26N2O2S/c1-5-13(14-9-8-12-21-14)17-10-6-7-11-18-15(19)20-16(2,3)4/h6-9,12-13,17H,5,10-11H2,1-4H3,(H,18,19)/b7-6+. The first-order chi connectivity index (χ1) is 9.92. The molecule has 0 bridgehead atoms. The van der Waals surface area contributed by atoms with Gasteiger partial charge < -0.3 is 15.4 Å². The quantitative estimate of drug-likeness (QED) is 0.752. The summed E-state index contributed by atoms with van der Waals surface area (Å²) in [4.78, 5) is 12.8. The lowest BCUT2D eigenvalue weighted by Gasteiger charge is -2.19. The van der Waals surface area contributed by atoms with Gasteiger partial charge in [0.1, 0.15) is 5.60 Å². The van der Waals surface area contributed by atoms with Crippen LogP contribution in [0.25, 0.3) is 0 Å². The lowest BCUT2D eigenvalue weighted by molar-refractivity contribution is 0.0534. The molecule has 1 heterocycles. The van der Waals surface area contributed by atoms with Gasteiger partial charge in [-0.25, -0.2) is 4.79 Å². The molecule has 118 valence electrons. The Bertz CT molecular complexity index is 436. The number of amides is 1. The summed E-state index contributed by atoms with van der Waals surface area (Å²) in [6.45, 7) is 8.98. The number of rotatable bonds is 7. The van der Waals surface area contributed by atoms with E-state index in [2.05, 4.69) is 35.1 Å². The van der Waals surface area contributed by atoms with Gasteiger partial charge in [0, 0.05) is 24.0 Å². The molecule has 0 aliphatic heterocycles. The van der Waals surface area contributed by atoms with Crippen molar-refractivity contribution in [3.05, 3.63) is 34.5 Å². The third-order valence-corrected chi connectivity index (χ3v) is 3.69. The van der Waals surface area contributed by atoms with E-state index in [1.807, 2.05) is 32.9 Å². The predicted octanol–water partition coefficient (Wildman–Crippen LogP) is 3.87. The third kappa shape index (κ3) is 7.87. The molecular formula is C16H26N2O2S. The van der Waals surface area contributed by atoms with Crippen LogP contribution in [0.4, 0.5) is 4.79 Å². The first-order valence-corrected chi connectivity index (χ1v) is 8.19. The molecule has 0 aliphatic rings. The second kappa shape index (κ2) is 8.85. The van der Waals surface area contributed by atoms with Crippen molar-refractivity contribution in [2.24, 2.45) is 0 Å². The van der Waals surface area contributed by atoms with E-state index in [1.165, 1.54) is 4.88 Å². The molecule has 0 spiro atoms. The molecule has 0 saturated carbocycles. The molecule has 0 saturated heterocycles. The van der Waals surface area contributed by atoms with Gasteiger partial charge in [0.05, 0.1) is 0 Å². The van der Waals surface area contributed by atoms with E-state index < -0.39 is 5.60 Å². The van der Waals surface area contributed by atoms with Gasteiger partial charge in [-0.3, -0.25) is 0 Å². The minimum Gasteiger partial charge on any atom is -0.444 e. The number of carbonyl (C=O) groups is 1. The van der Waals surface area contributed by atoms with E-state index in [0.29, 0.717) is 12.6 Å². The van der Waals surface area contributed by atoms with E-state index in [1.54, 1.807) is 11.3 Å². The van der Waals surface area contributed by atoms with Crippen LogP contribution in [-0.2, 0) is 4.74 Å². The molecule has 1 rings (SSSR count). The topological polar surface area (TPSA) is 50.4 Å². The lowest BCUT2D eigenvalue weighted by atomic mass is 10.2. The number of hydrogen-bond donors (Lipinski definition) is 2. The molecule has 1 atom stereocenters. The van der Waals surface area contributed by atoms with Crippen LogP contribution >= 0.6 is 11.3 Å². The number of hydrogen-bond acceptors (Lipinski definition) is 4. The van der Waals surface area contributed by atoms with Crippen molar-refractivity contribution in [3.63, 3.8) is 0 Å². The van der Waals surface area contributed by atoms with Crippen LogP contribution < -0.4 is 10.6 Å². The van der Waals surface area contributed by atoms with Crippen molar-refractivity contribution >= 4 is 17.4 Å². The fourth-order valence-electron chi connectivity index (χ4n) is 1.77. The molecule has 0 aromatic carbocycles. The molecular weight excluding hydrogens is 284 g/mol. The summed E-state index contributed by atoms with van der Waals surface area (Å²) in [6.07, 6.45) is 4.63. The Morgan fingerprint density at radius 3 is 2.67 bits per heavy atom. The van der Waals surface area contributed by atoms with E-state index in [-0.39, 0.29) is 6.09 Å². The lowest BCUT2D eigenvalue weighted by Crippen LogP contribution is -2.32. The van der Waals surface area contributed by atoms with E-state index in [0.717, 1.165) is 13.0 Å². The number of thiophene rings is 1. The zero-order valence-corrected chi connectivity index (χ0v) is 14.1. The maximum atomic E-state index is 11.4. The molecule has 1 amide bonds. The first kappa shape index (κ1) is 17.7. The Kier molecular flexibility index (Phi) is 7.47. The van der Waals surface area contributed by atoms with Gasteiger partial charge in [-0.2, -0.15) is 0 Å². The average molecular weight is 310 g/mol. The van der Waals surface area contributed by atoms with Crippen LogP contribution in [0.3, 0.4) is 0 Å². The van der Waals surface area contributed by atoms with Gasteiger partial charge in [-0.15, -0.1) is 11.3 Å². The maximum Gasteiger partial charge on any atom is 0.407 e. The van der Waals surface area contributed by atoms with Crippen LogP contribution in [0.1, 0.15) is 45.0 Å². The van der Waals surface area contributed by atoms with E-state index in [9.17, 15) is 4.79 Å². The largest absolute Gasteiger partial charge is 0.444 e. The molecule has 0 radical (unpaired) electrons. The SMILES string of the molecule is CCC(NC/C=C/CNC(=O)OC(C)(C)C)c1cccs1. The van der Waals surface area contributed by atoms with Crippen LogP contribution in [-0.4, -0.2) is 24.8 Å². The fraction of sp³-hybridized carbons (Fsp3) is 0.562. The van der Waals surface area contributed by atoms with Gasteiger partial charge in [0.25, 0.3) is 0 Å². The Morgan fingerprint density at radius 1 is 1.38 bits per heavy atom. The van der Waals surface area contributed by atoms with Gasteiger partial charge in [0.15, 0.2) is 0 Å². The second-order valence-corrected chi connectivity index (χ2v) is 6.72. The highest BCUT2D eigenvalue weighted by Gasteiger charge is 2.14. The number of nitrogens with one attached hydrogen (secondary N) is 2. The van der Waals surface area contributed by atoms with Crippen molar-refractivity contribution in [2.75, 3.05) is 13.1 Å². The number of ether oxygens (including phenoxy) is 1. The summed E-state index contributed by atoms with van der Waals surface area (Å²) < 4.78 is 5.15. The molecule has 5 heteroatoms. The maximum absolute atomic E-state index is 11.4. The monoisotopic (exact) mass is 310 g/mol. The molecule has 1 aromatic rings. The molecule has 0 fully saturated rings. The predicted molar refractivity (Wildman–Crippen MR) is 88.7 cm³/mol. The number of alkyl carbamates (subject to hydrolysis) is 1. The van der Waals surface area contributed by atoms with Crippen molar-refractivity contribution in [2.45, 2.75) is 45.8 Å². The summed E-state index contributed by atoms with van der Waals surface area (Å²) in [7, 11) is 0. The zero-order chi connectivity index (χ0) is 15.7. The van der Waals surface area contributed by atoms with Crippen molar-refractivity contribution in [3.8, 4) is 0 Å². The molecule has 0 aliphatic carbocycles. The molecule has 4 nitrogen and oxygen atoms in total. The second-order valence-electron chi connectivity index (χ2n) is 5.74. The van der Waals surface area contributed by atoms with Crippen LogP contribution in [0.15, 0.2) is 29.7 Å². The smallest absolute Gasteiger partial charge is 0.407 e. The van der Waals surface area contributed by atoms with Gasteiger partial charge >= 0.3 is 6.09 Å². The highest BCUT2D eigenvalue weighted by Crippen LogP contribution is 2.21. The molecule has 2 N–H and O–H groups in total. The first-order valence-electron chi connectivity index (χ1n) is 7.31. The Balaban J connectivity index is 2.19. The summed E-state index contributed by atoms with van der Waals surface area (Å²) in [5.74, 6) is 0.